The van der Waals surface area contributed by atoms with Crippen LogP contribution in [-0.4, -0.2) is 4.57 Å². The molecule has 5 rings (SSSR count). The van der Waals surface area contributed by atoms with Gasteiger partial charge < -0.3 is 9.30 Å². The van der Waals surface area contributed by atoms with Crippen molar-refractivity contribution in [3.63, 3.8) is 0 Å². The van der Waals surface area contributed by atoms with Crippen LogP contribution in [0.15, 0.2) is 114 Å². The molecule has 32 heavy (non-hydrogen) atoms. The van der Waals surface area contributed by atoms with E-state index in [1.807, 2.05) is 103 Å². The first kappa shape index (κ1) is 20.1. The summed E-state index contributed by atoms with van der Waals surface area (Å²) in [6.07, 6.45) is 0. The summed E-state index contributed by atoms with van der Waals surface area (Å²) < 4.78 is 7.73. The molecule has 1 heterocycles. The van der Waals surface area contributed by atoms with Gasteiger partial charge in [0.1, 0.15) is 11.5 Å². The third-order valence-electron chi connectivity index (χ3n) is 5.39. The van der Waals surface area contributed by atoms with Crippen LogP contribution in [-0.2, 0) is 6.54 Å². The number of halogens is 1. The summed E-state index contributed by atoms with van der Waals surface area (Å²) in [5, 5.41) is 2.03. The highest BCUT2D eigenvalue weighted by Crippen LogP contribution is 2.28. The first-order valence-electron chi connectivity index (χ1n) is 10.4. The molecule has 0 spiro atoms. The van der Waals surface area contributed by atoms with Crippen LogP contribution in [0.25, 0.3) is 22.0 Å². The van der Waals surface area contributed by atoms with E-state index in [0.717, 1.165) is 33.7 Å². The van der Waals surface area contributed by atoms with Gasteiger partial charge in [0.2, 0.25) is 0 Å². The third-order valence-corrected chi connectivity index (χ3v) is 5.62. The van der Waals surface area contributed by atoms with Crippen molar-refractivity contribution in [3.8, 4) is 22.8 Å². The number of para-hydroxylation sites is 1. The average Bonchev–Trinajstić information content (AvgIpc) is 2.83. The second-order valence-electron chi connectivity index (χ2n) is 7.58. The molecule has 1 aromatic heterocycles. The highest BCUT2D eigenvalue weighted by atomic mass is 35.5. The molecule has 0 radical (unpaired) electrons. The quantitative estimate of drug-likeness (QED) is 0.292. The van der Waals surface area contributed by atoms with Gasteiger partial charge in [0, 0.05) is 10.4 Å². The van der Waals surface area contributed by atoms with E-state index in [2.05, 4.69) is 0 Å². The number of ether oxygens (including phenoxy) is 1. The second kappa shape index (κ2) is 8.74. The zero-order valence-electron chi connectivity index (χ0n) is 17.2. The molecule has 4 heteroatoms. The van der Waals surface area contributed by atoms with Gasteiger partial charge in [0.05, 0.1) is 12.2 Å². The Bertz CT molecular complexity index is 1430. The Morgan fingerprint density at radius 2 is 1.38 bits per heavy atom. The van der Waals surface area contributed by atoms with Crippen LogP contribution < -0.4 is 10.3 Å². The molecular formula is C28H20ClNO2. The summed E-state index contributed by atoms with van der Waals surface area (Å²) in [6, 6.07) is 34.9. The minimum absolute atomic E-state index is 0.0616. The van der Waals surface area contributed by atoms with E-state index in [-0.39, 0.29) is 5.56 Å². The number of pyridine rings is 1. The molecule has 0 amide bonds. The zero-order chi connectivity index (χ0) is 21.9. The van der Waals surface area contributed by atoms with Crippen molar-refractivity contribution in [1.82, 2.24) is 4.57 Å². The predicted molar refractivity (Wildman–Crippen MR) is 131 cm³/mol. The first-order valence-corrected chi connectivity index (χ1v) is 10.8. The van der Waals surface area contributed by atoms with Crippen molar-refractivity contribution in [3.05, 3.63) is 130 Å². The molecule has 0 aliphatic carbocycles. The van der Waals surface area contributed by atoms with Crippen molar-refractivity contribution in [2.24, 2.45) is 0 Å². The lowest BCUT2D eigenvalue weighted by atomic mass is 10.1. The Hall–Kier alpha value is -3.82. The molecule has 156 valence electrons. The number of fused-ring (bicyclic) bond motifs is 1. The molecule has 4 aromatic carbocycles. The molecular weight excluding hydrogens is 418 g/mol. The van der Waals surface area contributed by atoms with Crippen molar-refractivity contribution < 1.29 is 4.74 Å². The lowest BCUT2D eigenvalue weighted by Crippen LogP contribution is -2.22. The summed E-state index contributed by atoms with van der Waals surface area (Å²) in [7, 11) is 0. The maximum Gasteiger partial charge on any atom is 0.259 e. The van der Waals surface area contributed by atoms with Crippen molar-refractivity contribution in [2.45, 2.75) is 6.54 Å². The molecule has 0 unspecified atom stereocenters. The van der Waals surface area contributed by atoms with Gasteiger partial charge in [0.15, 0.2) is 0 Å². The lowest BCUT2D eigenvalue weighted by Gasteiger charge is -2.16. The first-order chi connectivity index (χ1) is 15.7. The molecule has 3 nitrogen and oxygen atoms in total. The maximum absolute atomic E-state index is 13.5. The highest BCUT2D eigenvalue weighted by molar-refractivity contribution is 6.31. The van der Waals surface area contributed by atoms with E-state index in [9.17, 15) is 4.79 Å². The van der Waals surface area contributed by atoms with Crippen LogP contribution in [0.1, 0.15) is 5.56 Å². The largest absolute Gasteiger partial charge is 0.457 e. The maximum atomic E-state index is 13.5. The second-order valence-corrected chi connectivity index (χ2v) is 8.01. The Balaban J connectivity index is 1.59. The van der Waals surface area contributed by atoms with Crippen LogP contribution in [0.4, 0.5) is 0 Å². The topological polar surface area (TPSA) is 31.2 Å². The lowest BCUT2D eigenvalue weighted by molar-refractivity contribution is 0.483. The van der Waals surface area contributed by atoms with E-state index in [1.165, 1.54) is 0 Å². The minimum atomic E-state index is -0.0616. The molecule has 0 atom stereocenters. The molecule has 0 aliphatic rings. The van der Waals surface area contributed by atoms with Crippen LogP contribution in [0, 0.1) is 0 Å². The number of hydrogen-bond acceptors (Lipinski definition) is 2. The normalized spacial score (nSPS) is 10.9. The van der Waals surface area contributed by atoms with Crippen LogP contribution >= 0.6 is 11.6 Å². The van der Waals surface area contributed by atoms with Crippen molar-refractivity contribution in [1.29, 1.82) is 0 Å². The SMILES string of the molecule is O=c1c2cc(Cl)ccc2cc(-c2ccc(Oc3ccccc3)cc2)n1Cc1ccccc1. The zero-order valence-corrected chi connectivity index (χ0v) is 18.0. The highest BCUT2D eigenvalue weighted by Gasteiger charge is 2.13. The smallest absolute Gasteiger partial charge is 0.259 e. The molecule has 0 bridgehead atoms. The standard InChI is InChI=1S/C28H20ClNO2/c29-23-14-11-22-17-27(21-12-15-25(16-13-21)32-24-9-5-2-6-10-24)30(28(31)26(22)18-23)19-20-7-3-1-4-8-20/h1-18H,19H2. The molecule has 0 saturated heterocycles. The van der Waals surface area contributed by atoms with E-state index in [1.54, 1.807) is 10.6 Å². The summed E-state index contributed by atoms with van der Waals surface area (Å²) in [5.74, 6) is 1.52. The van der Waals surface area contributed by atoms with E-state index in [4.69, 9.17) is 16.3 Å². The van der Waals surface area contributed by atoms with Crippen LogP contribution in [0.3, 0.4) is 0 Å². The monoisotopic (exact) mass is 437 g/mol. The fourth-order valence-electron chi connectivity index (χ4n) is 3.80. The number of hydrogen-bond donors (Lipinski definition) is 0. The van der Waals surface area contributed by atoms with Gasteiger partial charge in [-0.15, -0.1) is 0 Å². The Morgan fingerprint density at radius 3 is 2.09 bits per heavy atom. The van der Waals surface area contributed by atoms with Crippen molar-refractivity contribution in [2.75, 3.05) is 0 Å². The van der Waals surface area contributed by atoms with Gasteiger partial charge in [0.25, 0.3) is 5.56 Å². The molecule has 0 aliphatic heterocycles. The van der Waals surface area contributed by atoms with E-state index < -0.39 is 0 Å². The number of benzene rings is 4. The minimum Gasteiger partial charge on any atom is -0.457 e. The Kier molecular flexibility index (Phi) is 5.49. The van der Waals surface area contributed by atoms with Crippen molar-refractivity contribution >= 4 is 22.4 Å². The van der Waals surface area contributed by atoms with E-state index >= 15 is 0 Å². The fourth-order valence-corrected chi connectivity index (χ4v) is 3.97. The van der Waals surface area contributed by atoms with E-state index in [0.29, 0.717) is 17.0 Å². The van der Waals surface area contributed by atoms with Crippen LogP contribution in [0.5, 0.6) is 11.5 Å². The average molecular weight is 438 g/mol. The van der Waals surface area contributed by atoms with Gasteiger partial charge in [-0.25, -0.2) is 0 Å². The molecule has 0 N–H and O–H groups in total. The van der Waals surface area contributed by atoms with Crippen LogP contribution in [0.2, 0.25) is 5.02 Å². The molecule has 0 saturated carbocycles. The third kappa shape index (κ3) is 4.16. The summed E-state index contributed by atoms with van der Waals surface area (Å²) in [5.41, 5.74) is 2.78. The molecule has 0 fully saturated rings. The van der Waals surface area contributed by atoms with Gasteiger partial charge in [-0.3, -0.25) is 4.79 Å². The summed E-state index contributed by atoms with van der Waals surface area (Å²) >= 11 is 6.18. The van der Waals surface area contributed by atoms with Gasteiger partial charge >= 0.3 is 0 Å². The van der Waals surface area contributed by atoms with Gasteiger partial charge in [-0.2, -0.15) is 0 Å². The van der Waals surface area contributed by atoms with Gasteiger partial charge in [-0.05, 0) is 71.1 Å². The Labute approximate surface area is 191 Å². The number of nitrogens with zero attached hydrogens (tertiary/aromatic N) is 1. The Morgan fingerprint density at radius 1 is 0.719 bits per heavy atom. The van der Waals surface area contributed by atoms with Gasteiger partial charge in [-0.1, -0.05) is 66.2 Å². The summed E-state index contributed by atoms with van der Waals surface area (Å²) in [4.78, 5) is 13.5. The fraction of sp³-hybridized carbons (Fsp3) is 0.0357. The number of rotatable bonds is 5. The summed E-state index contributed by atoms with van der Waals surface area (Å²) in [6.45, 7) is 0.472. The number of aromatic nitrogens is 1. The predicted octanol–water partition coefficient (Wildman–Crippen LogP) is 7.16. The molecule has 5 aromatic rings.